The van der Waals surface area contributed by atoms with Crippen molar-refractivity contribution in [3.05, 3.63) is 150 Å². The number of aromatic carboxylic acids is 1. The highest BCUT2D eigenvalue weighted by atomic mass is 19.4. The number of benzene rings is 5. The molecule has 214 valence electrons. The van der Waals surface area contributed by atoms with E-state index in [-0.39, 0.29) is 12.2 Å². The Kier molecular flexibility index (Phi) is 7.47. The number of rotatable bonds is 8. The molecule has 6 rings (SSSR count). The van der Waals surface area contributed by atoms with Gasteiger partial charge in [-0.25, -0.2) is 0 Å². The minimum Gasteiger partial charge on any atom is -0.545 e. The number of alkyl halides is 3. The highest BCUT2D eigenvalue weighted by molar-refractivity contribution is 5.88. The van der Waals surface area contributed by atoms with Gasteiger partial charge in [-0.15, -0.1) is 0 Å². The molecule has 7 heteroatoms. The number of hydrogen-bond acceptors (Lipinski definition) is 3. The largest absolute Gasteiger partial charge is 0.545 e. The predicted molar refractivity (Wildman–Crippen MR) is 158 cm³/mol. The number of hydrogen-bond donors (Lipinski definition) is 0. The van der Waals surface area contributed by atoms with E-state index in [0.717, 1.165) is 56.5 Å². The van der Waals surface area contributed by atoms with Gasteiger partial charge in [0, 0.05) is 17.9 Å². The van der Waals surface area contributed by atoms with Crippen molar-refractivity contribution in [3.63, 3.8) is 0 Å². The maximum absolute atomic E-state index is 13.1. The van der Waals surface area contributed by atoms with Gasteiger partial charge in [-0.05, 0) is 81.1 Å². The standard InChI is InChI=1S/C36H26F3NO3/c37-36(38,39)31-15-8-24(9-16-31)22-40-33(26-4-2-1-3-5-26)18-19-34(40)30-13-12-29-21-32(17-14-28(29)20-30)43-23-25-6-10-27(11-7-25)35(41)42/h1-21H,22-23H2,(H,41,42)/p-1. The zero-order chi connectivity index (χ0) is 30.0. The number of ether oxygens (including phenoxy) is 1. The number of fused-ring (bicyclic) bond motifs is 1. The van der Waals surface area contributed by atoms with Crippen LogP contribution in [0.15, 0.2) is 127 Å². The van der Waals surface area contributed by atoms with E-state index in [1.54, 1.807) is 12.1 Å². The van der Waals surface area contributed by atoms with Crippen LogP contribution in [0.25, 0.3) is 33.3 Å². The van der Waals surface area contributed by atoms with E-state index in [1.165, 1.54) is 24.3 Å². The summed E-state index contributed by atoms with van der Waals surface area (Å²) in [4.78, 5) is 11.0. The maximum Gasteiger partial charge on any atom is 0.416 e. The van der Waals surface area contributed by atoms with Crippen molar-refractivity contribution >= 4 is 16.7 Å². The topological polar surface area (TPSA) is 54.3 Å². The zero-order valence-electron chi connectivity index (χ0n) is 22.8. The molecule has 0 fully saturated rings. The number of halogens is 3. The van der Waals surface area contributed by atoms with Crippen LogP contribution < -0.4 is 9.84 Å². The lowest BCUT2D eigenvalue weighted by Crippen LogP contribution is -2.22. The summed E-state index contributed by atoms with van der Waals surface area (Å²) < 4.78 is 47.5. The Balaban J connectivity index is 1.28. The van der Waals surface area contributed by atoms with Gasteiger partial charge in [-0.1, -0.05) is 84.9 Å². The lowest BCUT2D eigenvalue weighted by Gasteiger charge is -2.16. The minimum absolute atomic E-state index is 0.117. The molecule has 0 spiro atoms. The first-order chi connectivity index (χ1) is 20.7. The second-order valence-corrected chi connectivity index (χ2v) is 10.2. The summed E-state index contributed by atoms with van der Waals surface area (Å²) in [6, 6.07) is 37.6. The molecule has 0 bridgehead atoms. The number of aromatic nitrogens is 1. The highest BCUT2D eigenvalue weighted by Crippen LogP contribution is 2.34. The van der Waals surface area contributed by atoms with Gasteiger partial charge in [-0.3, -0.25) is 0 Å². The molecule has 0 amide bonds. The number of carbonyl (C=O) groups is 1. The van der Waals surface area contributed by atoms with E-state index < -0.39 is 17.7 Å². The molecule has 0 aliphatic carbocycles. The van der Waals surface area contributed by atoms with Crippen molar-refractivity contribution in [3.8, 4) is 28.3 Å². The normalized spacial score (nSPS) is 11.5. The second kappa shape index (κ2) is 11.5. The Morgan fingerprint density at radius 1 is 0.674 bits per heavy atom. The summed E-state index contributed by atoms with van der Waals surface area (Å²) in [5.41, 5.74) is 4.95. The first-order valence-electron chi connectivity index (χ1n) is 13.6. The summed E-state index contributed by atoms with van der Waals surface area (Å²) in [6.45, 7) is 0.691. The first-order valence-corrected chi connectivity index (χ1v) is 13.6. The molecule has 1 aromatic heterocycles. The van der Waals surface area contributed by atoms with Crippen LogP contribution in [-0.2, 0) is 19.3 Å². The third kappa shape index (κ3) is 6.16. The van der Waals surface area contributed by atoms with Crippen LogP contribution in [0.3, 0.4) is 0 Å². The molecule has 0 N–H and O–H groups in total. The Morgan fingerprint density at radius 2 is 1.30 bits per heavy atom. The molecule has 0 radical (unpaired) electrons. The van der Waals surface area contributed by atoms with Gasteiger partial charge >= 0.3 is 6.18 Å². The molecule has 5 aromatic carbocycles. The van der Waals surface area contributed by atoms with Crippen molar-refractivity contribution in [1.82, 2.24) is 4.57 Å². The van der Waals surface area contributed by atoms with Gasteiger partial charge in [-0.2, -0.15) is 13.2 Å². The summed E-state index contributed by atoms with van der Waals surface area (Å²) in [6.07, 6.45) is -4.38. The Morgan fingerprint density at radius 3 is 1.98 bits per heavy atom. The van der Waals surface area contributed by atoms with Crippen LogP contribution in [-0.4, -0.2) is 10.5 Å². The van der Waals surface area contributed by atoms with Crippen LogP contribution >= 0.6 is 0 Å². The number of nitrogens with zero attached hydrogens (tertiary/aromatic N) is 1. The fourth-order valence-corrected chi connectivity index (χ4v) is 5.11. The zero-order valence-corrected chi connectivity index (χ0v) is 22.8. The molecular weight excluding hydrogens is 551 g/mol. The van der Waals surface area contributed by atoms with Crippen molar-refractivity contribution in [2.45, 2.75) is 19.3 Å². The lowest BCUT2D eigenvalue weighted by atomic mass is 10.0. The van der Waals surface area contributed by atoms with Crippen molar-refractivity contribution in [2.75, 3.05) is 0 Å². The van der Waals surface area contributed by atoms with Gasteiger partial charge < -0.3 is 19.2 Å². The van der Waals surface area contributed by atoms with E-state index in [2.05, 4.69) is 10.6 Å². The van der Waals surface area contributed by atoms with Gasteiger partial charge in [0.05, 0.1) is 11.5 Å². The van der Waals surface area contributed by atoms with E-state index in [0.29, 0.717) is 12.3 Å². The molecule has 43 heavy (non-hydrogen) atoms. The van der Waals surface area contributed by atoms with Gasteiger partial charge in [0.2, 0.25) is 0 Å². The predicted octanol–water partition coefficient (Wildman–Crippen LogP) is 7.98. The van der Waals surface area contributed by atoms with E-state index in [4.69, 9.17) is 4.74 Å². The molecule has 4 nitrogen and oxygen atoms in total. The SMILES string of the molecule is O=C([O-])c1ccc(COc2ccc3cc(-c4ccc(-c5ccccc5)n4Cc4ccc(C(F)(F)F)cc4)ccc3c2)cc1. The van der Waals surface area contributed by atoms with Gasteiger partial charge in [0.15, 0.2) is 0 Å². The fourth-order valence-electron chi connectivity index (χ4n) is 5.11. The molecule has 1 heterocycles. The third-order valence-corrected chi connectivity index (χ3v) is 7.37. The lowest BCUT2D eigenvalue weighted by molar-refractivity contribution is -0.255. The number of carbonyl (C=O) groups excluding carboxylic acids is 1. The summed E-state index contributed by atoms with van der Waals surface area (Å²) >= 11 is 0. The summed E-state index contributed by atoms with van der Waals surface area (Å²) in [5.74, 6) is -0.536. The molecule has 0 saturated carbocycles. The van der Waals surface area contributed by atoms with Crippen LogP contribution in [0, 0.1) is 0 Å². The van der Waals surface area contributed by atoms with E-state index in [9.17, 15) is 23.1 Å². The van der Waals surface area contributed by atoms with Crippen molar-refractivity contribution in [1.29, 1.82) is 0 Å². The minimum atomic E-state index is -4.38. The maximum atomic E-state index is 13.1. The molecule has 0 unspecified atom stereocenters. The Labute approximate surface area is 246 Å². The molecule has 6 aromatic rings. The van der Waals surface area contributed by atoms with Gasteiger partial charge in [0.1, 0.15) is 12.4 Å². The van der Waals surface area contributed by atoms with Crippen molar-refractivity contribution < 1.29 is 27.8 Å². The fraction of sp³-hybridized carbons (Fsp3) is 0.0833. The van der Waals surface area contributed by atoms with Gasteiger partial charge in [0.25, 0.3) is 0 Å². The average Bonchev–Trinajstić information content (AvgIpc) is 3.43. The van der Waals surface area contributed by atoms with Crippen LogP contribution in [0.2, 0.25) is 0 Å². The monoisotopic (exact) mass is 576 g/mol. The molecular formula is C36H25F3NO3-. The second-order valence-electron chi connectivity index (χ2n) is 10.2. The van der Waals surface area contributed by atoms with Crippen LogP contribution in [0.4, 0.5) is 13.2 Å². The van der Waals surface area contributed by atoms with E-state index in [1.807, 2.05) is 72.8 Å². The summed E-state index contributed by atoms with van der Waals surface area (Å²) in [5, 5.41) is 13.0. The summed E-state index contributed by atoms with van der Waals surface area (Å²) in [7, 11) is 0. The smallest absolute Gasteiger partial charge is 0.416 e. The molecule has 0 aliphatic heterocycles. The van der Waals surface area contributed by atoms with Crippen molar-refractivity contribution in [2.24, 2.45) is 0 Å². The molecule has 0 aliphatic rings. The third-order valence-electron chi connectivity index (χ3n) is 7.37. The number of carboxylic acid groups (broad SMARTS) is 1. The van der Waals surface area contributed by atoms with Crippen LogP contribution in [0.1, 0.15) is 27.0 Å². The molecule has 0 saturated heterocycles. The highest BCUT2D eigenvalue weighted by Gasteiger charge is 2.30. The van der Waals surface area contributed by atoms with Crippen LogP contribution in [0.5, 0.6) is 5.75 Å². The first kappa shape index (κ1) is 27.8. The number of carboxylic acids is 1. The Bertz CT molecular complexity index is 1890. The van der Waals surface area contributed by atoms with E-state index >= 15 is 0 Å². The molecule has 0 atom stereocenters. The Hall–Kier alpha value is -5.30. The quantitative estimate of drug-likeness (QED) is 0.185. The average molecular weight is 577 g/mol.